The second kappa shape index (κ2) is 9.23. The fourth-order valence-electron chi connectivity index (χ4n) is 3.35. The predicted molar refractivity (Wildman–Crippen MR) is 109 cm³/mol. The zero-order valence-corrected chi connectivity index (χ0v) is 16.8. The van der Waals surface area contributed by atoms with Crippen LogP contribution in [0.1, 0.15) is 21.5 Å². The average molecular weight is 419 g/mol. The van der Waals surface area contributed by atoms with E-state index in [-0.39, 0.29) is 12.1 Å². The summed E-state index contributed by atoms with van der Waals surface area (Å²) in [5.41, 5.74) is 1.24. The van der Waals surface area contributed by atoms with Crippen LogP contribution in [0.4, 0.5) is 4.39 Å². The van der Waals surface area contributed by atoms with Crippen molar-refractivity contribution in [2.24, 2.45) is 0 Å². The molecule has 0 spiro atoms. The van der Waals surface area contributed by atoms with E-state index in [0.717, 1.165) is 0 Å². The van der Waals surface area contributed by atoms with Gasteiger partial charge >= 0.3 is 0 Å². The quantitative estimate of drug-likeness (QED) is 0.681. The molecule has 0 atom stereocenters. The van der Waals surface area contributed by atoms with Gasteiger partial charge in [0.05, 0.1) is 0 Å². The maximum Gasteiger partial charge on any atom is 0.268 e. The maximum atomic E-state index is 13.3. The molecule has 0 saturated heterocycles. The number of thioether (sulfide) groups is 1. The molecule has 1 aliphatic heterocycles. The Morgan fingerprint density at radius 3 is 2.66 bits per heavy atom. The number of amides is 2. The largest absolute Gasteiger partial charge is 0.387 e. The molecule has 1 aromatic heterocycles. The Kier molecular flexibility index (Phi) is 6.71. The number of carbonyl (C=O) groups excluding carboxylic acids is 2. The summed E-state index contributed by atoms with van der Waals surface area (Å²) in [6.07, 6.45) is 3.84. The van der Waals surface area contributed by atoms with Crippen LogP contribution in [0.15, 0.2) is 35.3 Å². The second-order valence-electron chi connectivity index (χ2n) is 6.63. The molecule has 0 bridgehead atoms. The summed E-state index contributed by atoms with van der Waals surface area (Å²) >= 11 is 1.58. The summed E-state index contributed by atoms with van der Waals surface area (Å²) in [6, 6.07) is 5.39. The lowest BCUT2D eigenvalue weighted by Crippen LogP contribution is -2.42. The molecule has 2 heterocycles. The molecule has 3 rings (SSSR count). The van der Waals surface area contributed by atoms with Crippen LogP contribution in [0.5, 0.6) is 0 Å². The number of aromatic nitrogens is 1. The smallest absolute Gasteiger partial charge is 0.268 e. The van der Waals surface area contributed by atoms with E-state index in [9.17, 15) is 18.8 Å². The van der Waals surface area contributed by atoms with Crippen molar-refractivity contribution < 1.29 is 19.1 Å². The molecule has 1 aliphatic rings. The van der Waals surface area contributed by atoms with Crippen LogP contribution < -0.4 is 10.9 Å². The van der Waals surface area contributed by atoms with E-state index in [2.05, 4.69) is 5.32 Å². The van der Waals surface area contributed by atoms with E-state index in [1.807, 2.05) is 6.26 Å². The van der Waals surface area contributed by atoms with Crippen LogP contribution in [0.2, 0.25) is 0 Å². The molecule has 7 nitrogen and oxygen atoms in total. The Labute approximate surface area is 171 Å². The molecule has 0 saturated carbocycles. The summed E-state index contributed by atoms with van der Waals surface area (Å²) in [4.78, 5) is 39.4. The number of aliphatic hydroxyl groups is 1. The third-order valence-electron chi connectivity index (χ3n) is 4.81. The van der Waals surface area contributed by atoms with Crippen molar-refractivity contribution >= 4 is 23.6 Å². The van der Waals surface area contributed by atoms with Crippen LogP contribution in [-0.4, -0.2) is 58.1 Å². The standard InChI is InChI=1S/C20H22FN3O4S/c1-29-9-7-22-19(27)18-16-6-8-23(17(26)12-25)10-13(16)11-24(20(18)28)15-4-2-14(21)3-5-15/h2-5,11,25H,6-10,12H2,1H3,(H,22,27). The second-order valence-corrected chi connectivity index (χ2v) is 7.62. The van der Waals surface area contributed by atoms with Gasteiger partial charge in [-0.2, -0.15) is 11.8 Å². The minimum Gasteiger partial charge on any atom is -0.387 e. The zero-order chi connectivity index (χ0) is 21.0. The SMILES string of the molecule is CSCCNC(=O)c1c2c(cn(-c3ccc(F)cc3)c1=O)CN(C(=O)CO)CC2. The highest BCUT2D eigenvalue weighted by Gasteiger charge is 2.28. The van der Waals surface area contributed by atoms with Crippen molar-refractivity contribution in [3.05, 3.63) is 63.3 Å². The number of benzene rings is 1. The van der Waals surface area contributed by atoms with Gasteiger partial charge in [-0.15, -0.1) is 0 Å². The van der Waals surface area contributed by atoms with Gasteiger partial charge in [0, 0.05) is 37.3 Å². The number of hydrogen-bond donors (Lipinski definition) is 2. The zero-order valence-electron chi connectivity index (χ0n) is 16.0. The van der Waals surface area contributed by atoms with Gasteiger partial charge in [0.25, 0.3) is 11.5 Å². The Hall–Kier alpha value is -2.65. The molecular weight excluding hydrogens is 397 g/mol. The van der Waals surface area contributed by atoms with E-state index in [1.54, 1.807) is 18.0 Å². The Bertz CT molecular complexity index is 975. The van der Waals surface area contributed by atoms with Gasteiger partial charge in [-0.05, 0) is 48.1 Å². The minimum atomic E-state index is -0.602. The first-order valence-electron chi connectivity index (χ1n) is 9.15. The lowest BCUT2D eigenvalue weighted by molar-refractivity contribution is -0.135. The Morgan fingerprint density at radius 2 is 2.00 bits per heavy atom. The van der Waals surface area contributed by atoms with E-state index in [0.29, 0.717) is 42.1 Å². The van der Waals surface area contributed by atoms with Crippen LogP contribution in [0.3, 0.4) is 0 Å². The summed E-state index contributed by atoms with van der Waals surface area (Å²) in [7, 11) is 0. The van der Waals surface area contributed by atoms with Gasteiger partial charge in [-0.25, -0.2) is 4.39 Å². The predicted octanol–water partition coefficient (Wildman–Crippen LogP) is 0.946. The van der Waals surface area contributed by atoms with Gasteiger partial charge in [0.15, 0.2) is 0 Å². The molecule has 1 aromatic carbocycles. The van der Waals surface area contributed by atoms with Crippen LogP contribution in [-0.2, 0) is 17.8 Å². The first-order chi connectivity index (χ1) is 14.0. The summed E-state index contributed by atoms with van der Waals surface area (Å²) < 4.78 is 14.6. The summed E-state index contributed by atoms with van der Waals surface area (Å²) in [6.45, 7) is 0.322. The van der Waals surface area contributed by atoms with Crippen molar-refractivity contribution in [1.29, 1.82) is 0 Å². The highest BCUT2D eigenvalue weighted by Crippen LogP contribution is 2.22. The molecule has 0 fully saturated rings. The first kappa shape index (κ1) is 21.1. The average Bonchev–Trinajstić information content (AvgIpc) is 2.73. The highest BCUT2D eigenvalue weighted by molar-refractivity contribution is 7.98. The molecular formula is C20H22FN3O4S. The van der Waals surface area contributed by atoms with Gasteiger partial charge in [-0.1, -0.05) is 0 Å². The van der Waals surface area contributed by atoms with Crippen LogP contribution in [0.25, 0.3) is 5.69 Å². The van der Waals surface area contributed by atoms with Gasteiger partial charge in [0.2, 0.25) is 5.91 Å². The van der Waals surface area contributed by atoms with Gasteiger partial charge < -0.3 is 15.3 Å². The molecule has 2 amide bonds. The van der Waals surface area contributed by atoms with E-state index in [4.69, 9.17) is 5.11 Å². The fraction of sp³-hybridized carbons (Fsp3) is 0.350. The normalized spacial score (nSPS) is 13.1. The van der Waals surface area contributed by atoms with Gasteiger partial charge in [0.1, 0.15) is 18.0 Å². The number of fused-ring (bicyclic) bond motifs is 1. The number of nitrogens with one attached hydrogen (secondary N) is 1. The third-order valence-corrected chi connectivity index (χ3v) is 5.42. The maximum absolute atomic E-state index is 13.3. The molecule has 9 heteroatoms. The Balaban J connectivity index is 2.09. The van der Waals surface area contributed by atoms with Crippen molar-refractivity contribution in [1.82, 2.24) is 14.8 Å². The monoisotopic (exact) mass is 419 g/mol. The summed E-state index contributed by atoms with van der Waals surface area (Å²) in [5.74, 6) is -0.597. The van der Waals surface area contributed by atoms with Crippen LogP contribution >= 0.6 is 11.8 Å². The highest BCUT2D eigenvalue weighted by atomic mass is 32.2. The number of aliphatic hydroxyl groups excluding tert-OH is 1. The molecule has 0 radical (unpaired) electrons. The molecule has 0 unspecified atom stereocenters. The van der Waals surface area contributed by atoms with Crippen molar-refractivity contribution in [2.75, 3.05) is 31.7 Å². The number of halogens is 1. The number of pyridine rings is 1. The van der Waals surface area contributed by atoms with E-state index >= 15 is 0 Å². The fourth-order valence-corrected chi connectivity index (χ4v) is 3.66. The lowest BCUT2D eigenvalue weighted by Gasteiger charge is -2.30. The molecule has 2 aromatic rings. The first-order valence-corrected chi connectivity index (χ1v) is 10.5. The van der Waals surface area contributed by atoms with E-state index in [1.165, 1.54) is 33.7 Å². The third kappa shape index (κ3) is 4.51. The molecule has 154 valence electrons. The number of nitrogens with zero attached hydrogens (tertiary/aromatic N) is 2. The van der Waals surface area contributed by atoms with E-state index < -0.39 is 29.8 Å². The van der Waals surface area contributed by atoms with Crippen LogP contribution in [0, 0.1) is 5.82 Å². The molecule has 29 heavy (non-hydrogen) atoms. The molecule has 2 N–H and O–H groups in total. The number of carbonyl (C=O) groups is 2. The lowest BCUT2D eigenvalue weighted by atomic mass is 9.95. The van der Waals surface area contributed by atoms with Crippen molar-refractivity contribution in [3.8, 4) is 5.69 Å². The number of rotatable bonds is 6. The summed E-state index contributed by atoms with van der Waals surface area (Å²) in [5, 5.41) is 11.9. The van der Waals surface area contributed by atoms with Gasteiger partial charge in [-0.3, -0.25) is 19.0 Å². The number of hydrogen-bond acceptors (Lipinski definition) is 5. The Morgan fingerprint density at radius 1 is 1.28 bits per heavy atom. The topological polar surface area (TPSA) is 91.6 Å². The van der Waals surface area contributed by atoms with Crippen molar-refractivity contribution in [3.63, 3.8) is 0 Å². The molecule has 0 aliphatic carbocycles. The minimum absolute atomic E-state index is 0.0454. The van der Waals surface area contributed by atoms with Crippen molar-refractivity contribution in [2.45, 2.75) is 13.0 Å².